The van der Waals surface area contributed by atoms with Gasteiger partial charge in [0.25, 0.3) is 0 Å². The Bertz CT molecular complexity index is 753. The number of amides is 2. The van der Waals surface area contributed by atoms with Crippen LogP contribution in [-0.2, 0) is 6.54 Å². The number of urea groups is 1. The van der Waals surface area contributed by atoms with Gasteiger partial charge in [0.2, 0.25) is 0 Å². The lowest BCUT2D eigenvalue weighted by atomic mass is 9.96. The normalized spacial score (nSPS) is 15.2. The van der Waals surface area contributed by atoms with Gasteiger partial charge >= 0.3 is 6.03 Å². The molecule has 5 heteroatoms. The second kappa shape index (κ2) is 10.1. The first-order valence-electron chi connectivity index (χ1n) is 10.2. The number of hydrogen-bond acceptors (Lipinski definition) is 3. The summed E-state index contributed by atoms with van der Waals surface area (Å²) in [6, 6.07) is 15.9. The predicted octanol–water partition coefficient (Wildman–Crippen LogP) is 4.43. The molecular weight excluding hydrogens is 350 g/mol. The summed E-state index contributed by atoms with van der Waals surface area (Å²) < 4.78 is 5.41. The molecule has 1 saturated heterocycles. The van der Waals surface area contributed by atoms with Crippen molar-refractivity contribution < 1.29 is 9.53 Å². The topological polar surface area (TPSA) is 53.6 Å². The van der Waals surface area contributed by atoms with E-state index in [2.05, 4.69) is 46.7 Å². The number of nitrogens with zero attached hydrogens (tertiary/aromatic N) is 1. The minimum absolute atomic E-state index is 0.147. The maximum atomic E-state index is 12.1. The van der Waals surface area contributed by atoms with Gasteiger partial charge < -0.3 is 15.4 Å². The molecule has 1 fully saturated rings. The number of ether oxygens (including phenoxy) is 1. The lowest BCUT2D eigenvalue weighted by molar-refractivity contribution is 0.175. The Kier molecular flexibility index (Phi) is 7.31. The van der Waals surface area contributed by atoms with Crippen LogP contribution in [0.1, 0.15) is 30.9 Å². The largest absolute Gasteiger partial charge is 0.494 e. The molecular formula is C23H31N3O2. The van der Waals surface area contributed by atoms with Gasteiger partial charge in [-0.3, -0.25) is 4.90 Å². The van der Waals surface area contributed by atoms with Gasteiger partial charge in [0, 0.05) is 18.8 Å². The van der Waals surface area contributed by atoms with E-state index in [1.165, 1.54) is 11.1 Å². The number of piperidine rings is 1. The average Bonchev–Trinajstić information content (AvgIpc) is 2.71. The molecule has 0 aromatic heterocycles. The lowest BCUT2D eigenvalue weighted by Crippen LogP contribution is -2.39. The molecule has 5 nitrogen and oxygen atoms in total. The van der Waals surface area contributed by atoms with Crippen molar-refractivity contribution in [2.24, 2.45) is 5.92 Å². The number of aryl methyl sites for hydroxylation is 1. The van der Waals surface area contributed by atoms with Gasteiger partial charge in [-0.15, -0.1) is 0 Å². The third kappa shape index (κ3) is 5.99. The molecule has 1 heterocycles. The van der Waals surface area contributed by atoms with Crippen LogP contribution >= 0.6 is 0 Å². The van der Waals surface area contributed by atoms with Crippen molar-refractivity contribution >= 4 is 11.7 Å². The molecule has 28 heavy (non-hydrogen) atoms. The average molecular weight is 382 g/mol. The van der Waals surface area contributed by atoms with E-state index in [9.17, 15) is 4.79 Å². The first kappa shape index (κ1) is 20.2. The van der Waals surface area contributed by atoms with Crippen LogP contribution in [-0.4, -0.2) is 37.2 Å². The molecule has 0 unspecified atom stereocenters. The number of hydrogen-bond donors (Lipinski definition) is 2. The standard InChI is InChI=1S/C23H31N3O2/c1-3-28-22-10-8-21(9-11-22)25-23(27)24-16-19-12-14-26(15-13-19)17-20-7-5-4-6-18(20)2/h4-11,19H,3,12-17H2,1-2H3,(H2,24,25,27). The van der Waals surface area contributed by atoms with Crippen molar-refractivity contribution in [3.63, 3.8) is 0 Å². The van der Waals surface area contributed by atoms with E-state index in [0.717, 1.165) is 50.5 Å². The molecule has 1 aliphatic heterocycles. The minimum Gasteiger partial charge on any atom is -0.494 e. The number of likely N-dealkylation sites (tertiary alicyclic amines) is 1. The Morgan fingerprint density at radius 1 is 1.11 bits per heavy atom. The zero-order chi connectivity index (χ0) is 19.8. The zero-order valence-electron chi connectivity index (χ0n) is 16.9. The number of nitrogens with one attached hydrogen (secondary N) is 2. The highest BCUT2D eigenvalue weighted by atomic mass is 16.5. The van der Waals surface area contributed by atoms with E-state index in [4.69, 9.17) is 4.74 Å². The van der Waals surface area contributed by atoms with Crippen molar-refractivity contribution in [1.82, 2.24) is 10.2 Å². The van der Waals surface area contributed by atoms with Gasteiger partial charge in [0.05, 0.1) is 6.61 Å². The van der Waals surface area contributed by atoms with E-state index in [1.54, 1.807) is 0 Å². The van der Waals surface area contributed by atoms with Crippen LogP contribution in [0.4, 0.5) is 10.5 Å². The van der Waals surface area contributed by atoms with Crippen molar-refractivity contribution in [2.75, 3.05) is 31.6 Å². The Balaban J connectivity index is 1.36. The maximum Gasteiger partial charge on any atom is 0.319 e. The maximum absolute atomic E-state index is 12.1. The molecule has 0 spiro atoms. The van der Waals surface area contributed by atoms with Gasteiger partial charge in [-0.1, -0.05) is 24.3 Å². The van der Waals surface area contributed by atoms with Crippen LogP contribution in [0.2, 0.25) is 0 Å². The van der Waals surface area contributed by atoms with E-state index < -0.39 is 0 Å². The summed E-state index contributed by atoms with van der Waals surface area (Å²) in [5, 5.41) is 5.90. The molecule has 2 aromatic carbocycles. The van der Waals surface area contributed by atoms with Crippen molar-refractivity contribution in [1.29, 1.82) is 0 Å². The second-order valence-corrected chi connectivity index (χ2v) is 7.44. The molecule has 0 saturated carbocycles. The molecule has 0 radical (unpaired) electrons. The summed E-state index contributed by atoms with van der Waals surface area (Å²) in [6.45, 7) is 8.67. The van der Waals surface area contributed by atoms with Crippen LogP contribution in [0.3, 0.4) is 0 Å². The number of carbonyl (C=O) groups is 1. The number of rotatable bonds is 7. The van der Waals surface area contributed by atoms with Crippen molar-refractivity contribution in [3.8, 4) is 5.75 Å². The predicted molar refractivity (Wildman–Crippen MR) is 114 cm³/mol. The summed E-state index contributed by atoms with van der Waals surface area (Å²) >= 11 is 0. The fourth-order valence-corrected chi connectivity index (χ4v) is 3.59. The quantitative estimate of drug-likeness (QED) is 0.746. The highest BCUT2D eigenvalue weighted by Crippen LogP contribution is 2.20. The summed E-state index contributed by atoms with van der Waals surface area (Å²) in [6.07, 6.45) is 2.24. The molecule has 0 aliphatic carbocycles. The highest BCUT2D eigenvalue weighted by Gasteiger charge is 2.20. The molecule has 0 atom stereocenters. The minimum atomic E-state index is -0.147. The Labute approximate surface area is 168 Å². The Morgan fingerprint density at radius 3 is 2.50 bits per heavy atom. The van der Waals surface area contributed by atoms with Crippen LogP contribution < -0.4 is 15.4 Å². The smallest absolute Gasteiger partial charge is 0.319 e. The highest BCUT2D eigenvalue weighted by molar-refractivity contribution is 5.89. The Morgan fingerprint density at radius 2 is 1.82 bits per heavy atom. The molecule has 3 rings (SSSR count). The molecule has 2 N–H and O–H groups in total. The molecule has 1 aliphatic rings. The van der Waals surface area contributed by atoms with E-state index in [1.807, 2.05) is 31.2 Å². The van der Waals surface area contributed by atoms with Gasteiger partial charge in [0.1, 0.15) is 5.75 Å². The Hall–Kier alpha value is -2.53. The fraction of sp³-hybridized carbons (Fsp3) is 0.435. The summed E-state index contributed by atoms with van der Waals surface area (Å²) in [7, 11) is 0. The van der Waals surface area contributed by atoms with E-state index in [0.29, 0.717) is 12.5 Å². The zero-order valence-corrected chi connectivity index (χ0v) is 16.9. The third-order valence-electron chi connectivity index (χ3n) is 5.34. The van der Waals surface area contributed by atoms with Crippen LogP contribution in [0.15, 0.2) is 48.5 Å². The lowest BCUT2D eigenvalue weighted by Gasteiger charge is -2.32. The molecule has 0 bridgehead atoms. The monoisotopic (exact) mass is 381 g/mol. The first-order valence-corrected chi connectivity index (χ1v) is 10.2. The molecule has 150 valence electrons. The van der Waals surface area contributed by atoms with E-state index in [-0.39, 0.29) is 6.03 Å². The van der Waals surface area contributed by atoms with E-state index >= 15 is 0 Å². The van der Waals surface area contributed by atoms with Gasteiger partial charge in [-0.2, -0.15) is 0 Å². The molecule has 2 aromatic rings. The summed E-state index contributed by atoms with van der Waals surface area (Å²) in [4.78, 5) is 14.7. The van der Waals surface area contributed by atoms with Crippen molar-refractivity contribution in [2.45, 2.75) is 33.2 Å². The summed E-state index contributed by atoms with van der Waals surface area (Å²) in [5.41, 5.74) is 3.54. The van der Waals surface area contributed by atoms with Crippen molar-refractivity contribution in [3.05, 3.63) is 59.7 Å². The third-order valence-corrected chi connectivity index (χ3v) is 5.34. The van der Waals surface area contributed by atoms with Gasteiger partial charge in [-0.05, 0) is 81.1 Å². The van der Waals surface area contributed by atoms with Gasteiger partial charge in [0.15, 0.2) is 0 Å². The number of benzene rings is 2. The SMILES string of the molecule is CCOc1ccc(NC(=O)NCC2CCN(Cc3ccccc3C)CC2)cc1. The number of carbonyl (C=O) groups excluding carboxylic acids is 1. The molecule has 2 amide bonds. The summed E-state index contributed by atoms with van der Waals surface area (Å²) in [5.74, 6) is 1.35. The van der Waals surface area contributed by atoms with Crippen LogP contribution in [0.25, 0.3) is 0 Å². The van der Waals surface area contributed by atoms with Crippen LogP contribution in [0.5, 0.6) is 5.75 Å². The van der Waals surface area contributed by atoms with Gasteiger partial charge in [-0.25, -0.2) is 4.79 Å². The number of anilines is 1. The van der Waals surface area contributed by atoms with Crippen LogP contribution in [0, 0.1) is 12.8 Å². The first-order chi connectivity index (χ1) is 13.6. The second-order valence-electron chi connectivity index (χ2n) is 7.44. The fourth-order valence-electron chi connectivity index (χ4n) is 3.59.